The lowest BCUT2D eigenvalue weighted by Crippen LogP contribution is -2.39. The molecule has 0 spiro atoms. The summed E-state index contributed by atoms with van der Waals surface area (Å²) in [5.74, 6) is -0.654. The van der Waals surface area contributed by atoms with Crippen LogP contribution in [0.4, 0.5) is 18.9 Å². The Morgan fingerprint density at radius 3 is 2.58 bits per heavy atom. The zero-order chi connectivity index (χ0) is 26.9. The third-order valence-corrected chi connectivity index (χ3v) is 6.57. The quantitative estimate of drug-likeness (QED) is 0.381. The van der Waals surface area contributed by atoms with E-state index >= 15 is 0 Å². The fourth-order valence-corrected chi connectivity index (χ4v) is 4.65. The first-order valence-corrected chi connectivity index (χ1v) is 12.1. The van der Waals surface area contributed by atoms with Crippen molar-refractivity contribution in [2.24, 2.45) is 0 Å². The molecule has 9 nitrogen and oxygen atoms in total. The molecule has 0 atom stereocenters. The van der Waals surface area contributed by atoms with Crippen LogP contribution in [0.25, 0.3) is 10.9 Å². The van der Waals surface area contributed by atoms with Crippen LogP contribution < -0.4 is 10.1 Å². The number of aromatic nitrogens is 4. The summed E-state index contributed by atoms with van der Waals surface area (Å²) in [4.78, 5) is 27.2. The van der Waals surface area contributed by atoms with Gasteiger partial charge in [0, 0.05) is 30.2 Å². The number of carbonyl (C=O) groups excluding carboxylic acids is 2. The highest BCUT2D eigenvalue weighted by molar-refractivity contribution is 6.06. The van der Waals surface area contributed by atoms with Gasteiger partial charge in [0.05, 0.1) is 36.1 Å². The molecule has 1 saturated heterocycles. The number of carbonyl (C=O) groups is 2. The number of aryl methyl sites for hydroxylation is 1. The number of hydrogen-bond acceptors (Lipinski definition) is 5. The van der Waals surface area contributed by atoms with Crippen molar-refractivity contribution in [1.82, 2.24) is 24.9 Å². The van der Waals surface area contributed by atoms with Crippen molar-refractivity contribution < 1.29 is 27.5 Å². The van der Waals surface area contributed by atoms with Gasteiger partial charge in [0.2, 0.25) is 5.91 Å². The highest BCUT2D eigenvalue weighted by Gasteiger charge is 2.31. The Balaban J connectivity index is 1.13. The van der Waals surface area contributed by atoms with Gasteiger partial charge in [-0.3, -0.25) is 19.4 Å². The molecule has 0 unspecified atom stereocenters. The van der Waals surface area contributed by atoms with E-state index in [4.69, 9.17) is 0 Å². The van der Waals surface area contributed by atoms with Crippen molar-refractivity contribution in [3.8, 4) is 5.75 Å². The van der Waals surface area contributed by atoms with E-state index in [9.17, 15) is 22.8 Å². The van der Waals surface area contributed by atoms with Crippen molar-refractivity contribution in [3.05, 3.63) is 71.7 Å². The number of anilines is 1. The minimum atomic E-state index is -4.75. The third-order valence-electron chi connectivity index (χ3n) is 6.57. The van der Waals surface area contributed by atoms with E-state index in [1.165, 1.54) is 24.3 Å². The normalized spacial score (nSPS) is 14.6. The number of alkyl halides is 3. The number of halogens is 3. The van der Waals surface area contributed by atoms with Crippen LogP contribution in [0.5, 0.6) is 5.75 Å². The predicted octanol–water partition coefficient (Wildman–Crippen LogP) is 4.62. The van der Waals surface area contributed by atoms with E-state index in [0.29, 0.717) is 42.7 Å². The molecule has 0 aliphatic carbocycles. The molecule has 5 rings (SSSR count). The van der Waals surface area contributed by atoms with Crippen molar-refractivity contribution >= 4 is 28.4 Å². The van der Waals surface area contributed by atoms with Crippen LogP contribution in [0.2, 0.25) is 0 Å². The second-order valence-corrected chi connectivity index (χ2v) is 9.27. The first kappa shape index (κ1) is 25.3. The topological polar surface area (TPSA) is 105 Å². The maximum atomic E-state index is 12.8. The Morgan fingerprint density at radius 2 is 1.87 bits per heavy atom. The molecule has 1 fully saturated rings. The summed E-state index contributed by atoms with van der Waals surface area (Å²) in [6, 6.07) is 8.98. The van der Waals surface area contributed by atoms with Crippen LogP contribution in [0.15, 0.2) is 55.0 Å². The van der Waals surface area contributed by atoms with Gasteiger partial charge in [0.15, 0.2) is 0 Å². The number of fused-ring (bicyclic) bond motifs is 1. The van der Waals surface area contributed by atoms with Crippen LogP contribution in [-0.4, -0.2) is 56.1 Å². The maximum absolute atomic E-state index is 12.8. The largest absolute Gasteiger partial charge is 0.573 e. The standard InChI is InChI=1S/C26H25F3N6O3/c1-16-10-18(12-19-13-30-33-24(16)19)25(37)32-20-14-31-35(15-20)21-6-8-34(9-7-21)23(36)11-17-2-4-22(5-3-17)38-26(27,28)29/h2-5,10,12-15,21H,6-9,11H2,1H3,(H,30,33)(H,32,37). The number of aromatic amines is 1. The minimum Gasteiger partial charge on any atom is -0.406 e. The lowest BCUT2D eigenvalue weighted by Gasteiger charge is -2.32. The van der Waals surface area contributed by atoms with Gasteiger partial charge in [0.25, 0.3) is 5.91 Å². The van der Waals surface area contributed by atoms with Gasteiger partial charge in [-0.25, -0.2) is 0 Å². The Bertz CT molecular complexity index is 1450. The number of hydrogen-bond donors (Lipinski definition) is 2. The van der Waals surface area contributed by atoms with Gasteiger partial charge in [-0.1, -0.05) is 12.1 Å². The molecular formula is C26H25F3N6O3. The number of nitrogens with one attached hydrogen (secondary N) is 2. The van der Waals surface area contributed by atoms with E-state index in [-0.39, 0.29) is 30.0 Å². The number of piperidine rings is 1. The number of benzene rings is 2. The monoisotopic (exact) mass is 526 g/mol. The summed E-state index contributed by atoms with van der Waals surface area (Å²) in [5.41, 5.74) is 3.54. The number of likely N-dealkylation sites (tertiary alicyclic amines) is 1. The van der Waals surface area contributed by atoms with Gasteiger partial charge in [-0.15, -0.1) is 13.2 Å². The second-order valence-electron chi connectivity index (χ2n) is 9.27. The van der Waals surface area contributed by atoms with Crippen LogP contribution >= 0.6 is 0 Å². The summed E-state index contributed by atoms with van der Waals surface area (Å²) in [6.07, 6.45) is 1.79. The maximum Gasteiger partial charge on any atom is 0.573 e. The molecular weight excluding hydrogens is 501 g/mol. The average molecular weight is 527 g/mol. The molecule has 1 aliphatic rings. The first-order valence-electron chi connectivity index (χ1n) is 12.1. The van der Waals surface area contributed by atoms with E-state index in [1.54, 1.807) is 40.3 Å². The van der Waals surface area contributed by atoms with Gasteiger partial charge in [-0.05, 0) is 55.2 Å². The Labute approximate surface area is 215 Å². The van der Waals surface area contributed by atoms with E-state index in [0.717, 1.165) is 16.5 Å². The van der Waals surface area contributed by atoms with Crippen molar-refractivity contribution in [3.63, 3.8) is 0 Å². The molecule has 4 aromatic rings. The van der Waals surface area contributed by atoms with Gasteiger partial charge in [0.1, 0.15) is 5.75 Å². The molecule has 38 heavy (non-hydrogen) atoms. The molecule has 12 heteroatoms. The fraction of sp³-hybridized carbons (Fsp3) is 0.308. The zero-order valence-corrected chi connectivity index (χ0v) is 20.5. The number of ether oxygens (including phenoxy) is 1. The van der Waals surface area contributed by atoms with E-state index < -0.39 is 6.36 Å². The van der Waals surface area contributed by atoms with E-state index in [2.05, 4.69) is 25.3 Å². The summed E-state index contributed by atoms with van der Waals surface area (Å²) in [5, 5.41) is 15.1. The number of amides is 2. The Morgan fingerprint density at radius 1 is 1.13 bits per heavy atom. The number of nitrogens with zero attached hydrogens (tertiary/aromatic N) is 4. The van der Waals surface area contributed by atoms with Gasteiger partial charge >= 0.3 is 6.36 Å². The highest BCUT2D eigenvalue weighted by Crippen LogP contribution is 2.26. The molecule has 0 saturated carbocycles. The summed E-state index contributed by atoms with van der Waals surface area (Å²) in [6.45, 7) is 2.98. The SMILES string of the molecule is Cc1cc(C(=O)Nc2cnn(C3CCN(C(=O)Cc4ccc(OC(F)(F)F)cc4)CC3)c2)cc2cn[nH]c12. The molecule has 3 heterocycles. The van der Waals surface area contributed by atoms with Crippen molar-refractivity contribution in [2.45, 2.75) is 38.6 Å². The molecule has 0 radical (unpaired) electrons. The first-order chi connectivity index (χ1) is 18.1. The van der Waals surface area contributed by atoms with Crippen LogP contribution in [-0.2, 0) is 11.2 Å². The molecule has 0 bridgehead atoms. The smallest absolute Gasteiger partial charge is 0.406 e. The molecule has 1 aliphatic heterocycles. The third kappa shape index (κ3) is 5.79. The molecule has 2 amide bonds. The van der Waals surface area contributed by atoms with Crippen LogP contribution in [0.3, 0.4) is 0 Å². The number of rotatable bonds is 6. The number of H-pyrrole nitrogens is 1. The molecule has 2 aromatic carbocycles. The fourth-order valence-electron chi connectivity index (χ4n) is 4.65. The summed E-state index contributed by atoms with van der Waals surface area (Å²) in [7, 11) is 0. The minimum absolute atomic E-state index is 0.0769. The summed E-state index contributed by atoms with van der Waals surface area (Å²) < 4.78 is 42.6. The molecule has 2 aromatic heterocycles. The van der Waals surface area contributed by atoms with Crippen molar-refractivity contribution in [1.29, 1.82) is 0 Å². The lowest BCUT2D eigenvalue weighted by atomic mass is 10.0. The second kappa shape index (κ2) is 10.2. The van der Waals surface area contributed by atoms with Gasteiger partial charge < -0.3 is 15.0 Å². The van der Waals surface area contributed by atoms with Gasteiger partial charge in [-0.2, -0.15) is 10.2 Å². The Hall–Kier alpha value is -4.35. The zero-order valence-electron chi connectivity index (χ0n) is 20.5. The Kier molecular flexibility index (Phi) is 6.79. The average Bonchev–Trinajstić information content (AvgIpc) is 3.54. The van der Waals surface area contributed by atoms with Crippen molar-refractivity contribution in [2.75, 3.05) is 18.4 Å². The molecule has 198 valence electrons. The molecule has 2 N–H and O–H groups in total. The van der Waals surface area contributed by atoms with E-state index in [1.807, 2.05) is 6.92 Å². The predicted molar refractivity (Wildman–Crippen MR) is 133 cm³/mol. The van der Waals surface area contributed by atoms with Crippen LogP contribution in [0.1, 0.15) is 40.4 Å². The van der Waals surface area contributed by atoms with Crippen LogP contribution in [0, 0.1) is 6.92 Å². The lowest BCUT2D eigenvalue weighted by molar-refractivity contribution is -0.274. The summed E-state index contributed by atoms with van der Waals surface area (Å²) >= 11 is 0. The highest BCUT2D eigenvalue weighted by atomic mass is 19.4.